The molecule has 0 spiro atoms. The molecule has 2 fully saturated rings. The van der Waals surface area contributed by atoms with Crippen LogP contribution in [0, 0.1) is 0 Å². The highest BCUT2D eigenvalue weighted by Gasteiger charge is 2.34. The van der Waals surface area contributed by atoms with Crippen molar-refractivity contribution in [3.63, 3.8) is 0 Å². The molecule has 174 valence electrons. The molecule has 1 unspecified atom stereocenters. The monoisotopic (exact) mass is 482 g/mol. The molecule has 0 aromatic heterocycles. The van der Waals surface area contributed by atoms with Crippen LogP contribution < -0.4 is 14.4 Å². The average Bonchev–Trinajstić information content (AvgIpc) is 3.27. The number of nitrogens with zero attached hydrogens (tertiary/aromatic N) is 2. The van der Waals surface area contributed by atoms with Crippen LogP contribution in [0.15, 0.2) is 48.5 Å². The van der Waals surface area contributed by atoms with Gasteiger partial charge in [-0.1, -0.05) is 12.1 Å². The Morgan fingerprint density at radius 2 is 1.82 bits per heavy atom. The van der Waals surface area contributed by atoms with Crippen LogP contribution in [0.3, 0.4) is 0 Å². The van der Waals surface area contributed by atoms with Gasteiger partial charge in [0, 0.05) is 24.0 Å². The van der Waals surface area contributed by atoms with Crippen molar-refractivity contribution in [2.45, 2.75) is 19.0 Å². The number of alkyl halides is 3. The van der Waals surface area contributed by atoms with Gasteiger partial charge in [-0.15, -0.1) is 13.2 Å². The third-order valence-electron chi connectivity index (χ3n) is 4.74. The second-order valence-electron chi connectivity index (χ2n) is 7.21. The third-order valence-corrected chi connectivity index (χ3v) is 5.53. The zero-order valence-corrected chi connectivity index (χ0v) is 17.7. The van der Waals surface area contributed by atoms with E-state index in [4.69, 9.17) is 9.47 Å². The van der Waals surface area contributed by atoms with E-state index < -0.39 is 24.3 Å². The Bertz CT molecular complexity index is 1060. The van der Waals surface area contributed by atoms with Crippen molar-refractivity contribution in [2.24, 2.45) is 0 Å². The van der Waals surface area contributed by atoms with Crippen molar-refractivity contribution in [2.75, 3.05) is 24.6 Å². The lowest BCUT2D eigenvalue weighted by atomic mass is 10.2. The summed E-state index contributed by atoms with van der Waals surface area (Å²) >= 11 is 0.687. The molecule has 33 heavy (non-hydrogen) atoms. The van der Waals surface area contributed by atoms with Crippen LogP contribution in [-0.4, -0.2) is 53.5 Å². The molecule has 0 radical (unpaired) electrons. The normalized spacial score (nSPS) is 18.6. The van der Waals surface area contributed by atoms with E-state index in [1.54, 1.807) is 24.3 Å². The van der Waals surface area contributed by atoms with Gasteiger partial charge in [-0.25, -0.2) is 4.79 Å². The van der Waals surface area contributed by atoms with Gasteiger partial charge >= 0.3 is 12.5 Å². The van der Waals surface area contributed by atoms with E-state index in [2.05, 4.69) is 4.74 Å². The van der Waals surface area contributed by atoms with Gasteiger partial charge in [0.05, 0.1) is 13.1 Å². The molecule has 0 aliphatic carbocycles. The fraction of sp³-hybridized carbons (Fsp3) is 0.286. The summed E-state index contributed by atoms with van der Waals surface area (Å²) in [4.78, 5) is 38.0. The van der Waals surface area contributed by atoms with Gasteiger partial charge in [-0.05, 0) is 42.0 Å². The van der Waals surface area contributed by atoms with Crippen molar-refractivity contribution in [3.05, 3.63) is 54.1 Å². The summed E-state index contributed by atoms with van der Waals surface area (Å²) in [5.41, 5.74) is 1.14. The molecule has 0 bridgehead atoms. The van der Waals surface area contributed by atoms with E-state index >= 15 is 0 Å². The number of carbonyl (C=O) groups is 3. The molecular formula is C21H17F3N2O6S. The van der Waals surface area contributed by atoms with E-state index in [-0.39, 0.29) is 36.6 Å². The molecule has 2 heterocycles. The van der Waals surface area contributed by atoms with E-state index in [0.717, 1.165) is 17.7 Å². The van der Waals surface area contributed by atoms with Gasteiger partial charge in [0.25, 0.3) is 5.24 Å². The number of carbonyl (C=O) groups excluding carboxylic acids is 3. The van der Waals surface area contributed by atoms with Crippen molar-refractivity contribution in [1.29, 1.82) is 0 Å². The molecule has 1 atom stereocenters. The fourth-order valence-corrected chi connectivity index (χ4v) is 4.00. The maximum absolute atomic E-state index is 12.3. The van der Waals surface area contributed by atoms with Gasteiger partial charge in [-0.3, -0.25) is 14.5 Å². The maximum atomic E-state index is 12.3. The molecule has 2 amide bonds. The number of thioether (sulfide) groups is 1. The Kier molecular flexibility index (Phi) is 6.36. The first-order valence-corrected chi connectivity index (χ1v) is 10.5. The first-order chi connectivity index (χ1) is 15.7. The van der Waals surface area contributed by atoms with Crippen LogP contribution in [0.25, 0.3) is 0 Å². The Hall–Kier alpha value is -3.41. The molecule has 4 rings (SSSR count). The number of rotatable bonds is 7. The molecule has 2 aliphatic heterocycles. The molecule has 0 N–H and O–H groups in total. The fourth-order valence-electron chi connectivity index (χ4n) is 3.33. The Balaban J connectivity index is 1.31. The largest absolute Gasteiger partial charge is 0.573 e. The zero-order chi connectivity index (χ0) is 23.6. The predicted molar refractivity (Wildman–Crippen MR) is 111 cm³/mol. The van der Waals surface area contributed by atoms with E-state index in [9.17, 15) is 27.6 Å². The van der Waals surface area contributed by atoms with Crippen molar-refractivity contribution < 1.29 is 41.8 Å². The molecular weight excluding hydrogens is 465 g/mol. The highest BCUT2D eigenvalue weighted by atomic mass is 32.2. The van der Waals surface area contributed by atoms with Crippen molar-refractivity contribution in [1.82, 2.24) is 4.90 Å². The zero-order valence-electron chi connectivity index (χ0n) is 16.9. The summed E-state index contributed by atoms with van der Waals surface area (Å²) in [6.45, 7) is 0.540. The average molecular weight is 482 g/mol. The third kappa shape index (κ3) is 5.89. The number of cyclic esters (lactones) is 1. The number of amides is 2. The molecule has 2 aliphatic rings. The van der Waals surface area contributed by atoms with E-state index in [0.29, 0.717) is 23.2 Å². The quantitative estimate of drug-likeness (QED) is 0.585. The van der Waals surface area contributed by atoms with Gasteiger partial charge in [0.15, 0.2) is 6.10 Å². The van der Waals surface area contributed by atoms with Crippen LogP contribution in [0.5, 0.6) is 11.5 Å². The first-order valence-electron chi connectivity index (χ1n) is 9.71. The standard InChI is InChI=1S/C21H17F3N2O6S/c22-21(23,24)32-15-6-4-14(5-7-15)26-10-17(31-19(26)28)12-30-16-3-1-2-13(8-16)9-25-11-18(27)33-20(25)29/h1-8,17H,9-12H2. The Morgan fingerprint density at radius 1 is 1.06 bits per heavy atom. The number of halogens is 3. The van der Waals surface area contributed by atoms with Crippen molar-refractivity contribution >= 4 is 33.9 Å². The highest BCUT2D eigenvalue weighted by molar-refractivity contribution is 8.26. The second-order valence-corrected chi connectivity index (χ2v) is 8.22. The van der Waals surface area contributed by atoms with Crippen LogP contribution in [0.1, 0.15) is 5.56 Å². The van der Waals surface area contributed by atoms with E-state index in [1.165, 1.54) is 21.9 Å². The topological polar surface area (TPSA) is 85.4 Å². The van der Waals surface area contributed by atoms with Gasteiger partial charge in [-0.2, -0.15) is 0 Å². The van der Waals surface area contributed by atoms with Gasteiger partial charge < -0.3 is 19.1 Å². The maximum Gasteiger partial charge on any atom is 0.573 e. The minimum atomic E-state index is -4.80. The smallest absolute Gasteiger partial charge is 0.490 e. The predicted octanol–water partition coefficient (Wildman–Crippen LogP) is 4.18. The Labute approximate surface area is 190 Å². The number of benzene rings is 2. The van der Waals surface area contributed by atoms with Gasteiger partial charge in [0.1, 0.15) is 18.1 Å². The summed E-state index contributed by atoms with van der Waals surface area (Å²) < 4.78 is 51.7. The van der Waals surface area contributed by atoms with Gasteiger partial charge in [0.2, 0.25) is 5.12 Å². The first kappa shape index (κ1) is 22.8. The van der Waals surface area contributed by atoms with E-state index in [1.807, 2.05) is 0 Å². The molecule has 2 saturated heterocycles. The summed E-state index contributed by atoms with van der Waals surface area (Å²) in [5.74, 6) is 0.110. The van der Waals surface area contributed by atoms with Crippen LogP contribution in [0.4, 0.5) is 28.4 Å². The van der Waals surface area contributed by atoms with Crippen molar-refractivity contribution in [3.8, 4) is 11.5 Å². The lowest BCUT2D eigenvalue weighted by molar-refractivity contribution is -0.274. The van der Waals surface area contributed by atoms with Crippen LogP contribution >= 0.6 is 11.8 Å². The molecule has 12 heteroatoms. The summed E-state index contributed by atoms with van der Waals surface area (Å²) in [5, 5.41) is -0.482. The lowest BCUT2D eigenvalue weighted by Crippen LogP contribution is -2.26. The number of hydrogen-bond acceptors (Lipinski definition) is 7. The number of ether oxygens (including phenoxy) is 3. The molecule has 0 saturated carbocycles. The minimum Gasteiger partial charge on any atom is -0.490 e. The summed E-state index contributed by atoms with van der Waals surface area (Å²) in [6, 6.07) is 11.9. The number of anilines is 1. The lowest BCUT2D eigenvalue weighted by Gasteiger charge is -2.16. The Morgan fingerprint density at radius 3 is 2.48 bits per heavy atom. The summed E-state index contributed by atoms with van der Waals surface area (Å²) in [7, 11) is 0. The van der Waals surface area contributed by atoms with Crippen LogP contribution in [-0.2, 0) is 16.1 Å². The molecule has 8 nitrogen and oxygen atoms in total. The summed E-state index contributed by atoms with van der Waals surface area (Å²) in [6.07, 6.45) is -6.04. The van der Waals surface area contributed by atoms with Crippen LogP contribution in [0.2, 0.25) is 0 Å². The number of hydrogen-bond donors (Lipinski definition) is 0. The molecule has 2 aromatic rings. The minimum absolute atomic E-state index is 0.0535. The highest BCUT2D eigenvalue weighted by Crippen LogP contribution is 2.28. The second kappa shape index (κ2) is 9.22. The molecule has 2 aromatic carbocycles. The SMILES string of the molecule is O=C1CN(Cc2cccc(OCC3CN(c4ccc(OC(F)(F)F)cc4)C(=O)O3)c2)C(=O)S1.